The first kappa shape index (κ1) is 16.9. The Morgan fingerprint density at radius 1 is 1.36 bits per heavy atom. The van der Waals surface area contributed by atoms with Crippen LogP contribution < -0.4 is 10.6 Å². The van der Waals surface area contributed by atoms with Crippen molar-refractivity contribution in [3.63, 3.8) is 0 Å². The fourth-order valence-electron chi connectivity index (χ4n) is 3.18. The summed E-state index contributed by atoms with van der Waals surface area (Å²) in [5.74, 6) is -1.33. The largest absolute Gasteiger partial charge is 0.352 e. The van der Waals surface area contributed by atoms with Crippen LogP contribution in [0.3, 0.4) is 0 Å². The van der Waals surface area contributed by atoms with Gasteiger partial charge in [-0.25, -0.2) is 0 Å². The Labute approximate surface area is 145 Å². The first-order chi connectivity index (χ1) is 12.0. The Balaban J connectivity index is 1.82. The van der Waals surface area contributed by atoms with Crippen LogP contribution in [0, 0.1) is 0 Å². The van der Waals surface area contributed by atoms with Crippen LogP contribution in [-0.2, 0) is 16.1 Å². The van der Waals surface area contributed by atoms with Crippen LogP contribution in [0.5, 0.6) is 0 Å². The summed E-state index contributed by atoms with van der Waals surface area (Å²) in [4.78, 5) is 49.9. The number of imide groups is 1. The van der Waals surface area contributed by atoms with E-state index in [9.17, 15) is 19.2 Å². The second kappa shape index (κ2) is 6.88. The van der Waals surface area contributed by atoms with Gasteiger partial charge >= 0.3 is 0 Å². The summed E-state index contributed by atoms with van der Waals surface area (Å²) in [6.07, 6.45) is 2.86. The van der Waals surface area contributed by atoms with E-state index in [2.05, 4.69) is 17.2 Å². The summed E-state index contributed by atoms with van der Waals surface area (Å²) in [6.45, 7) is 4.26. The van der Waals surface area contributed by atoms with Crippen LogP contribution in [0.25, 0.3) is 0 Å². The van der Waals surface area contributed by atoms with Gasteiger partial charge < -0.3 is 10.2 Å². The number of nitrogens with zero attached hydrogens (tertiary/aromatic N) is 1. The molecule has 2 heterocycles. The minimum atomic E-state index is -0.686. The van der Waals surface area contributed by atoms with Crippen molar-refractivity contribution in [2.75, 3.05) is 6.54 Å². The van der Waals surface area contributed by atoms with Crippen molar-refractivity contribution in [2.24, 2.45) is 0 Å². The van der Waals surface area contributed by atoms with E-state index in [0.717, 1.165) is 0 Å². The number of fused-ring (bicyclic) bond motifs is 1. The summed E-state index contributed by atoms with van der Waals surface area (Å²) in [7, 11) is 0. The molecule has 25 heavy (non-hydrogen) atoms. The molecular weight excluding hydrogens is 322 g/mol. The van der Waals surface area contributed by atoms with Crippen molar-refractivity contribution in [3.05, 3.63) is 47.5 Å². The number of amides is 4. The highest BCUT2D eigenvalue weighted by Crippen LogP contribution is 2.29. The lowest BCUT2D eigenvalue weighted by Crippen LogP contribution is -2.52. The Hall–Kier alpha value is -2.96. The Kier molecular flexibility index (Phi) is 4.65. The van der Waals surface area contributed by atoms with Crippen molar-refractivity contribution < 1.29 is 19.2 Å². The maximum atomic E-state index is 12.7. The van der Waals surface area contributed by atoms with Crippen LogP contribution >= 0.6 is 0 Å². The topological polar surface area (TPSA) is 95.6 Å². The van der Waals surface area contributed by atoms with Crippen LogP contribution in [-0.4, -0.2) is 41.1 Å². The molecule has 1 saturated heterocycles. The molecule has 0 radical (unpaired) electrons. The van der Waals surface area contributed by atoms with Crippen molar-refractivity contribution in [1.82, 2.24) is 15.5 Å². The van der Waals surface area contributed by atoms with Gasteiger partial charge in [0.1, 0.15) is 6.04 Å². The van der Waals surface area contributed by atoms with Crippen LogP contribution in [0.1, 0.15) is 45.5 Å². The Morgan fingerprint density at radius 3 is 2.88 bits per heavy atom. The predicted octanol–water partition coefficient (Wildman–Crippen LogP) is 0.753. The molecule has 0 saturated carbocycles. The average Bonchev–Trinajstić information content (AvgIpc) is 2.92. The zero-order valence-electron chi connectivity index (χ0n) is 13.7. The SMILES string of the molecule is C=CCCNC(=O)c1cccc2c1CN(C1CCC(=O)NC1=O)C2=O. The summed E-state index contributed by atoms with van der Waals surface area (Å²) < 4.78 is 0. The lowest BCUT2D eigenvalue weighted by atomic mass is 10.0. The highest BCUT2D eigenvalue weighted by atomic mass is 16.2. The van der Waals surface area contributed by atoms with E-state index in [1.165, 1.54) is 4.90 Å². The van der Waals surface area contributed by atoms with Gasteiger partial charge in [0.05, 0.1) is 0 Å². The summed E-state index contributed by atoms with van der Waals surface area (Å²) in [5, 5.41) is 5.05. The summed E-state index contributed by atoms with van der Waals surface area (Å²) in [5.41, 5.74) is 1.49. The van der Waals surface area contributed by atoms with Crippen molar-refractivity contribution in [2.45, 2.75) is 31.8 Å². The normalized spacial score (nSPS) is 19.4. The van der Waals surface area contributed by atoms with Crippen molar-refractivity contribution >= 4 is 23.6 Å². The predicted molar refractivity (Wildman–Crippen MR) is 89.6 cm³/mol. The zero-order chi connectivity index (χ0) is 18.0. The lowest BCUT2D eigenvalue weighted by molar-refractivity contribution is -0.136. The van der Waals surface area contributed by atoms with Gasteiger partial charge in [0.2, 0.25) is 11.8 Å². The van der Waals surface area contributed by atoms with E-state index in [1.807, 2.05) is 0 Å². The molecule has 0 aliphatic carbocycles. The highest BCUT2D eigenvalue weighted by molar-refractivity contribution is 6.07. The standard InChI is InChI=1S/C18H19N3O4/c1-2-3-9-19-16(23)11-5-4-6-12-13(11)10-21(18(12)25)14-7-8-15(22)20-17(14)24/h2,4-6,14H,1,3,7-10H2,(H,19,23)(H,20,22,24). The van der Waals surface area contributed by atoms with Gasteiger partial charge in [-0.1, -0.05) is 12.1 Å². The third-order valence-corrected chi connectivity index (χ3v) is 4.46. The molecule has 0 spiro atoms. The first-order valence-electron chi connectivity index (χ1n) is 8.18. The molecule has 1 fully saturated rings. The average molecular weight is 341 g/mol. The number of hydrogen-bond donors (Lipinski definition) is 2. The fourth-order valence-corrected chi connectivity index (χ4v) is 3.18. The van der Waals surface area contributed by atoms with Gasteiger partial charge in [0.15, 0.2) is 0 Å². The molecule has 7 nitrogen and oxygen atoms in total. The minimum absolute atomic E-state index is 0.186. The number of carbonyl (C=O) groups excluding carboxylic acids is 4. The number of nitrogens with one attached hydrogen (secondary N) is 2. The number of carbonyl (C=O) groups is 4. The molecule has 7 heteroatoms. The molecule has 1 aromatic carbocycles. The van der Waals surface area contributed by atoms with Crippen LogP contribution in [0.2, 0.25) is 0 Å². The number of benzene rings is 1. The molecule has 130 valence electrons. The van der Waals surface area contributed by atoms with E-state index in [0.29, 0.717) is 36.1 Å². The van der Waals surface area contributed by atoms with Crippen LogP contribution in [0.4, 0.5) is 0 Å². The molecule has 1 unspecified atom stereocenters. The maximum Gasteiger partial charge on any atom is 0.255 e. The van der Waals surface area contributed by atoms with Crippen LogP contribution in [0.15, 0.2) is 30.9 Å². The molecule has 0 bridgehead atoms. The second-order valence-corrected chi connectivity index (χ2v) is 6.06. The summed E-state index contributed by atoms with van der Waals surface area (Å²) in [6, 6.07) is 4.30. The molecule has 2 aliphatic heterocycles. The molecule has 0 aromatic heterocycles. The molecule has 3 rings (SSSR count). The number of piperidine rings is 1. The maximum absolute atomic E-state index is 12.7. The molecule has 2 aliphatic rings. The zero-order valence-corrected chi connectivity index (χ0v) is 13.7. The molecule has 1 atom stereocenters. The molecule has 2 N–H and O–H groups in total. The van der Waals surface area contributed by atoms with Gasteiger partial charge in [-0.3, -0.25) is 24.5 Å². The van der Waals surface area contributed by atoms with E-state index >= 15 is 0 Å². The van der Waals surface area contributed by atoms with Gasteiger partial charge in [-0.2, -0.15) is 0 Å². The smallest absolute Gasteiger partial charge is 0.255 e. The van der Waals surface area contributed by atoms with Gasteiger partial charge in [0.25, 0.3) is 11.8 Å². The van der Waals surface area contributed by atoms with Crippen molar-refractivity contribution in [3.8, 4) is 0 Å². The van der Waals surface area contributed by atoms with E-state index in [4.69, 9.17) is 0 Å². The molecule has 1 aromatic rings. The van der Waals surface area contributed by atoms with Gasteiger partial charge in [0, 0.05) is 30.6 Å². The highest BCUT2D eigenvalue weighted by Gasteiger charge is 2.40. The van der Waals surface area contributed by atoms with Gasteiger partial charge in [-0.15, -0.1) is 6.58 Å². The van der Waals surface area contributed by atoms with Crippen molar-refractivity contribution in [1.29, 1.82) is 0 Å². The monoisotopic (exact) mass is 341 g/mol. The Bertz CT molecular complexity index is 772. The third-order valence-electron chi connectivity index (χ3n) is 4.46. The van der Waals surface area contributed by atoms with E-state index < -0.39 is 11.9 Å². The fraction of sp³-hybridized carbons (Fsp3) is 0.333. The molecular formula is C18H19N3O4. The quantitative estimate of drug-likeness (QED) is 0.469. The Morgan fingerprint density at radius 2 is 2.16 bits per heavy atom. The lowest BCUT2D eigenvalue weighted by Gasteiger charge is -2.29. The minimum Gasteiger partial charge on any atom is -0.352 e. The third kappa shape index (κ3) is 3.17. The summed E-state index contributed by atoms with van der Waals surface area (Å²) >= 11 is 0. The van der Waals surface area contributed by atoms with Gasteiger partial charge in [-0.05, 0) is 30.5 Å². The first-order valence-corrected chi connectivity index (χ1v) is 8.18. The number of rotatable bonds is 5. The number of hydrogen-bond acceptors (Lipinski definition) is 4. The second-order valence-electron chi connectivity index (χ2n) is 6.06. The molecule has 4 amide bonds. The van der Waals surface area contributed by atoms with E-state index in [1.54, 1.807) is 24.3 Å². The van der Waals surface area contributed by atoms with E-state index in [-0.39, 0.29) is 30.7 Å².